The standard InChI is InChI=1S/C22H24N4O2S/c23-21-14-22(25-15-24-21)29(27,28)18-11-12-19(16-7-3-1-4-8-16)20(13-18)26-17-9-5-2-6-10-17/h2,5-6,9-16,26H,1,3-4,7-8H2,(H2,23,24,25). The lowest BCUT2D eigenvalue weighted by molar-refractivity contribution is 0.444. The van der Waals surface area contributed by atoms with Gasteiger partial charge in [0.2, 0.25) is 9.84 Å². The van der Waals surface area contributed by atoms with E-state index in [4.69, 9.17) is 5.73 Å². The van der Waals surface area contributed by atoms with Crippen molar-refractivity contribution in [2.45, 2.75) is 47.9 Å². The molecule has 0 saturated heterocycles. The number of nitrogens with one attached hydrogen (secondary N) is 1. The molecule has 1 aromatic heterocycles. The lowest BCUT2D eigenvalue weighted by Crippen LogP contribution is -2.10. The molecule has 2 aromatic carbocycles. The Hall–Kier alpha value is -2.93. The van der Waals surface area contributed by atoms with Crippen molar-refractivity contribution >= 4 is 27.0 Å². The Morgan fingerprint density at radius 3 is 2.41 bits per heavy atom. The van der Waals surface area contributed by atoms with Crippen molar-refractivity contribution in [2.24, 2.45) is 0 Å². The highest BCUT2D eigenvalue weighted by Crippen LogP contribution is 2.39. The molecule has 1 heterocycles. The predicted octanol–water partition coefficient (Wildman–Crippen LogP) is 4.68. The van der Waals surface area contributed by atoms with Crippen LogP contribution in [0.15, 0.2) is 70.8 Å². The zero-order valence-electron chi connectivity index (χ0n) is 16.1. The normalized spacial score (nSPS) is 15.2. The van der Waals surface area contributed by atoms with Gasteiger partial charge in [0.1, 0.15) is 12.1 Å². The summed E-state index contributed by atoms with van der Waals surface area (Å²) in [6.07, 6.45) is 7.09. The number of hydrogen-bond acceptors (Lipinski definition) is 6. The lowest BCUT2D eigenvalue weighted by atomic mass is 9.83. The summed E-state index contributed by atoms with van der Waals surface area (Å²) in [6, 6.07) is 16.4. The van der Waals surface area contributed by atoms with E-state index in [0.717, 1.165) is 29.8 Å². The van der Waals surface area contributed by atoms with Gasteiger partial charge in [0.25, 0.3) is 0 Å². The second kappa shape index (κ2) is 8.21. The van der Waals surface area contributed by atoms with Gasteiger partial charge in [0.05, 0.1) is 4.90 Å². The van der Waals surface area contributed by atoms with Gasteiger partial charge in [-0.25, -0.2) is 18.4 Å². The number of aromatic nitrogens is 2. The van der Waals surface area contributed by atoms with Gasteiger partial charge >= 0.3 is 0 Å². The Kier molecular flexibility index (Phi) is 5.49. The summed E-state index contributed by atoms with van der Waals surface area (Å²) >= 11 is 0. The highest BCUT2D eigenvalue weighted by atomic mass is 32.2. The molecule has 0 atom stereocenters. The molecule has 1 aliphatic carbocycles. The third kappa shape index (κ3) is 4.24. The summed E-state index contributed by atoms with van der Waals surface area (Å²) < 4.78 is 26.2. The lowest BCUT2D eigenvalue weighted by Gasteiger charge is -2.25. The molecule has 3 N–H and O–H groups in total. The molecular weight excluding hydrogens is 384 g/mol. The minimum atomic E-state index is -3.79. The number of anilines is 3. The number of rotatable bonds is 5. The van der Waals surface area contributed by atoms with Crippen molar-refractivity contribution in [2.75, 3.05) is 11.1 Å². The van der Waals surface area contributed by atoms with Crippen LogP contribution in [0.25, 0.3) is 0 Å². The molecule has 1 fully saturated rings. The number of hydrogen-bond donors (Lipinski definition) is 2. The Morgan fingerprint density at radius 1 is 0.931 bits per heavy atom. The van der Waals surface area contributed by atoms with Gasteiger partial charge in [0, 0.05) is 17.4 Å². The van der Waals surface area contributed by atoms with Crippen molar-refractivity contribution in [3.63, 3.8) is 0 Å². The van der Waals surface area contributed by atoms with Crippen LogP contribution in [0, 0.1) is 0 Å². The van der Waals surface area contributed by atoms with Crippen LogP contribution in [0.5, 0.6) is 0 Å². The fraction of sp³-hybridized carbons (Fsp3) is 0.273. The van der Waals surface area contributed by atoms with Crippen LogP contribution in [0.3, 0.4) is 0 Å². The molecule has 0 aliphatic heterocycles. The number of nitrogens with two attached hydrogens (primary N) is 1. The fourth-order valence-electron chi connectivity index (χ4n) is 3.88. The van der Waals surface area contributed by atoms with E-state index < -0.39 is 9.84 Å². The van der Waals surface area contributed by atoms with Crippen molar-refractivity contribution in [3.8, 4) is 0 Å². The van der Waals surface area contributed by atoms with E-state index in [1.807, 2.05) is 36.4 Å². The van der Waals surface area contributed by atoms with Crippen LogP contribution >= 0.6 is 0 Å². The van der Waals surface area contributed by atoms with Crippen LogP contribution in [0.1, 0.15) is 43.6 Å². The maximum Gasteiger partial charge on any atom is 0.224 e. The molecule has 3 aromatic rings. The maximum atomic E-state index is 13.1. The predicted molar refractivity (Wildman–Crippen MR) is 114 cm³/mol. The van der Waals surface area contributed by atoms with Gasteiger partial charge in [-0.1, -0.05) is 43.5 Å². The molecule has 6 nitrogen and oxygen atoms in total. The molecule has 0 spiro atoms. The largest absolute Gasteiger partial charge is 0.384 e. The average Bonchev–Trinajstić information content (AvgIpc) is 2.75. The van der Waals surface area contributed by atoms with Crippen LogP contribution < -0.4 is 11.1 Å². The molecule has 29 heavy (non-hydrogen) atoms. The van der Waals surface area contributed by atoms with E-state index in [1.165, 1.54) is 31.7 Å². The number of benzene rings is 2. The molecule has 0 unspecified atom stereocenters. The molecular formula is C22H24N4O2S. The zero-order valence-corrected chi connectivity index (χ0v) is 16.9. The van der Waals surface area contributed by atoms with E-state index in [2.05, 4.69) is 15.3 Å². The molecule has 1 aliphatic rings. The topological polar surface area (TPSA) is 98.0 Å². The van der Waals surface area contributed by atoms with Gasteiger partial charge in [0.15, 0.2) is 5.03 Å². The number of sulfone groups is 1. The van der Waals surface area contributed by atoms with Crippen LogP contribution in [0.4, 0.5) is 17.2 Å². The minimum Gasteiger partial charge on any atom is -0.384 e. The summed E-state index contributed by atoms with van der Waals surface area (Å²) in [7, 11) is -3.79. The minimum absolute atomic E-state index is 0.0962. The van der Waals surface area contributed by atoms with Crippen LogP contribution in [0.2, 0.25) is 0 Å². The first-order chi connectivity index (χ1) is 14.0. The van der Waals surface area contributed by atoms with Gasteiger partial charge in [-0.15, -0.1) is 0 Å². The van der Waals surface area contributed by atoms with Gasteiger partial charge in [-0.3, -0.25) is 0 Å². The second-order valence-electron chi connectivity index (χ2n) is 7.36. The molecule has 7 heteroatoms. The van der Waals surface area contributed by atoms with Crippen LogP contribution in [-0.2, 0) is 9.84 Å². The van der Waals surface area contributed by atoms with Crippen molar-refractivity contribution in [1.29, 1.82) is 0 Å². The number of nitrogen functional groups attached to an aromatic ring is 1. The Morgan fingerprint density at radius 2 is 1.69 bits per heavy atom. The molecule has 0 bridgehead atoms. The van der Waals surface area contributed by atoms with Crippen LogP contribution in [-0.4, -0.2) is 18.4 Å². The van der Waals surface area contributed by atoms with Gasteiger partial charge in [-0.2, -0.15) is 0 Å². The highest BCUT2D eigenvalue weighted by molar-refractivity contribution is 7.91. The fourth-order valence-corrected chi connectivity index (χ4v) is 5.10. The first-order valence-corrected chi connectivity index (χ1v) is 11.3. The third-order valence-electron chi connectivity index (χ3n) is 5.37. The van der Waals surface area contributed by atoms with Crippen molar-refractivity contribution < 1.29 is 8.42 Å². The van der Waals surface area contributed by atoms with E-state index in [0.29, 0.717) is 5.92 Å². The third-order valence-corrected chi connectivity index (χ3v) is 7.02. The van der Waals surface area contributed by atoms with Crippen molar-refractivity contribution in [1.82, 2.24) is 9.97 Å². The molecule has 150 valence electrons. The SMILES string of the molecule is Nc1cc(S(=O)(=O)c2ccc(C3CCCCC3)c(Nc3ccccc3)c2)ncn1. The maximum absolute atomic E-state index is 13.1. The monoisotopic (exact) mass is 408 g/mol. The first kappa shape index (κ1) is 19.4. The Bertz CT molecular complexity index is 1090. The summed E-state index contributed by atoms with van der Waals surface area (Å²) in [5, 5.41) is 3.33. The van der Waals surface area contributed by atoms with E-state index in [-0.39, 0.29) is 15.7 Å². The average molecular weight is 409 g/mol. The van der Waals surface area contributed by atoms with E-state index >= 15 is 0 Å². The number of para-hydroxylation sites is 1. The molecule has 0 amide bonds. The smallest absolute Gasteiger partial charge is 0.224 e. The molecule has 1 saturated carbocycles. The van der Waals surface area contributed by atoms with Crippen molar-refractivity contribution in [3.05, 3.63) is 66.5 Å². The highest BCUT2D eigenvalue weighted by Gasteiger charge is 2.24. The zero-order chi connectivity index (χ0) is 20.3. The summed E-state index contributed by atoms with van der Waals surface area (Å²) in [5.74, 6) is 0.557. The van der Waals surface area contributed by atoms with E-state index in [1.54, 1.807) is 12.1 Å². The Labute approximate surface area is 171 Å². The van der Waals surface area contributed by atoms with Gasteiger partial charge in [-0.05, 0) is 48.6 Å². The summed E-state index contributed by atoms with van der Waals surface area (Å²) in [6.45, 7) is 0. The Balaban J connectivity index is 1.77. The summed E-state index contributed by atoms with van der Waals surface area (Å²) in [4.78, 5) is 7.89. The van der Waals surface area contributed by atoms with E-state index in [9.17, 15) is 8.42 Å². The quantitative estimate of drug-likeness (QED) is 0.595. The number of nitrogens with zero attached hydrogens (tertiary/aromatic N) is 2. The molecule has 4 rings (SSSR count). The first-order valence-electron chi connectivity index (χ1n) is 9.83. The summed E-state index contributed by atoms with van der Waals surface area (Å²) in [5.41, 5.74) is 8.57. The van der Waals surface area contributed by atoms with Gasteiger partial charge < -0.3 is 11.1 Å². The molecule has 0 radical (unpaired) electrons. The second-order valence-corrected chi connectivity index (χ2v) is 9.26.